The van der Waals surface area contributed by atoms with Gasteiger partial charge in [0.25, 0.3) is 0 Å². The molecular formula is C10H12BrIO. The first kappa shape index (κ1) is 11.3. The topological polar surface area (TPSA) is 20.2 Å². The van der Waals surface area contributed by atoms with Crippen LogP contribution in [0.2, 0.25) is 0 Å². The van der Waals surface area contributed by atoms with Crippen LogP contribution in [-0.4, -0.2) is 5.11 Å². The maximum atomic E-state index is 9.44. The fourth-order valence-electron chi connectivity index (χ4n) is 1.11. The molecule has 0 aliphatic heterocycles. The largest absolute Gasteiger partial charge is 0.507 e. The van der Waals surface area contributed by atoms with Crippen LogP contribution in [-0.2, 0) is 5.41 Å². The zero-order valence-corrected chi connectivity index (χ0v) is 11.6. The van der Waals surface area contributed by atoms with Gasteiger partial charge in [-0.3, -0.25) is 0 Å². The molecule has 0 amide bonds. The summed E-state index contributed by atoms with van der Waals surface area (Å²) >= 11 is 5.57. The zero-order valence-electron chi connectivity index (χ0n) is 7.86. The Kier molecular flexibility index (Phi) is 3.28. The minimum atomic E-state index is 0.118. The molecule has 0 saturated heterocycles. The van der Waals surface area contributed by atoms with Gasteiger partial charge in [0.15, 0.2) is 0 Å². The third-order valence-corrected chi connectivity index (χ3v) is 3.37. The highest BCUT2D eigenvalue weighted by atomic mass is 127. The molecule has 1 rings (SSSR count). The predicted molar refractivity (Wildman–Crippen MR) is 67.2 cm³/mol. The second kappa shape index (κ2) is 3.77. The van der Waals surface area contributed by atoms with Gasteiger partial charge in [0.05, 0.1) is 4.47 Å². The van der Waals surface area contributed by atoms with Crippen molar-refractivity contribution in [2.45, 2.75) is 26.2 Å². The summed E-state index contributed by atoms with van der Waals surface area (Å²) in [5.41, 5.74) is 1.37. The first-order valence-electron chi connectivity index (χ1n) is 4.01. The third kappa shape index (κ3) is 2.59. The van der Waals surface area contributed by atoms with Crippen LogP contribution in [0, 0.1) is 3.57 Å². The minimum absolute atomic E-state index is 0.118. The summed E-state index contributed by atoms with van der Waals surface area (Å²) < 4.78 is 1.86. The predicted octanol–water partition coefficient (Wildman–Crippen LogP) is 4.06. The molecule has 0 spiro atoms. The Hall–Kier alpha value is 0.230. The van der Waals surface area contributed by atoms with Crippen molar-refractivity contribution in [2.24, 2.45) is 0 Å². The van der Waals surface area contributed by atoms with Gasteiger partial charge in [-0.1, -0.05) is 20.8 Å². The molecule has 0 saturated carbocycles. The number of phenols is 1. The van der Waals surface area contributed by atoms with Crippen molar-refractivity contribution in [2.75, 3.05) is 0 Å². The molecule has 0 unspecified atom stereocenters. The molecule has 1 N–H and O–H groups in total. The molecule has 0 bridgehead atoms. The molecule has 1 aromatic carbocycles. The zero-order chi connectivity index (χ0) is 10.2. The maximum absolute atomic E-state index is 9.44. The second-order valence-electron chi connectivity index (χ2n) is 4.03. The molecule has 0 fully saturated rings. The molecule has 3 heteroatoms. The molecule has 0 atom stereocenters. The highest BCUT2D eigenvalue weighted by Crippen LogP contribution is 2.34. The fourth-order valence-corrected chi connectivity index (χ4v) is 2.71. The smallest absolute Gasteiger partial charge is 0.130 e. The van der Waals surface area contributed by atoms with Crippen molar-refractivity contribution in [3.8, 4) is 5.75 Å². The summed E-state index contributed by atoms with van der Waals surface area (Å²) in [5, 5.41) is 9.44. The van der Waals surface area contributed by atoms with Crippen molar-refractivity contribution < 1.29 is 5.11 Å². The number of benzene rings is 1. The van der Waals surface area contributed by atoms with E-state index in [2.05, 4.69) is 59.3 Å². The monoisotopic (exact) mass is 354 g/mol. The SMILES string of the molecule is CC(C)(C)c1cc(Br)c(O)cc1I. The Labute approximate surface area is 101 Å². The van der Waals surface area contributed by atoms with E-state index in [1.807, 2.05) is 6.07 Å². The number of rotatable bonds is 0. The summed E-state index contributed by atoms with van der Waals surface area (Å²) in [6.45, 7) is 6.48. The number of hydrogen-bond acceptors (Lipinski definition) is 1. The van der Waals surface area contributed by atoms with Crippen molar-refractivity contribution in [3.63, 3.8) is 0 Å². The highest BCUT2D eigenvalue weighted by molar-refractivity contribution is 14.1. The number of phenolic OH excluding ortho intramolecular Hbond substituents is 1. The molecule has 1 nitrogen and oxygen atoms in total. The van der Waals surface area contributed by atoms with Gasteiger partial charge in [0.1, 0.15) is 5.75 Å². The van der Waals surface area contributed by atoms with E-state index < -0.39 is 0 Å². The van der Waals surface area contributed by atoms with Crippen LogP contribution in [0.4, 0.5) is 0 Å². The van der Waals surface area contributed by atoms with E-state index >= 15 is 0 Å². The molecule has 0 heterocycles. The molecular weight excluding hydrogens is 343 g/mol. The van der Waals surface area contributed by atoms with Crippen LogP contribution in [0.15, 0.2) is 16.6 Å². The van der Waals surface area contributed by atoms with Gasteiger partial charge in [-0.15, -0.1) is 0 Å². The molecule has 1 aromatic rings. The maximum Gasteiger partial charge on any atom is 0.130 e. The first-order valence-corrected chi connectivity index (χ1v) is 5.88. The molecule has 13 heavy (non-hydrogen) atoms. The van der Waals surface area contributed by atoms with Crippen LogP contribution in [0.1, 0.15) is 26.3 Å². The average Bonchev–Trinajstić information content (AvgIpc) is 1.94. The van der Waals surface area contributed by atoms with Gasteiger partial charge < -0.3 is 5.11 Å². The van der Waals surface area contributed by atoms with E-state index in [0.717, 1.165) is 8.04 Å². The van der Waals surface area contributed by atoms with E-state index in [1.54, 1.807) is 6.07 Å². The number of hydrogen-bond donors (Lipinski definition) is 1. The third-order valence-electron chi connectivity index (χ3n) is 1.84. The summed E-state index contributed by atoms with van der Waals surface area (Å²) in [6, 6.07) is 3.77. The summed E-state index contributed by atoms with van der Waals surface area (Å²) in [6.07, 6.45) is 0. The summed E-state index contributed by atoms with van der Waals surface area (Å²) in [4.78, 5) is 0. The van der Waals surface area contributed by atoms with Gasteiger partial charge in [-0.05, 0) is 61.6 Å². The average molecular weight is 355 g/mol. The minimum Gasteiger partial charge on any atom is -0.507 e. The molecule has 0 aliphatic rings. The lowest BCUT2D eigenvalue weighted by atomic mass is 9.87. The Morgan fingerprint density at radius 3 is 2.31 bits per heavy atom. The lowest BCUT2D eigenvalue weighted by Gasteiger charge is -2.21. The van der Waals surface area contributed by atoms with Crippen molar-refractivity contribution in [1.29, 1.82) is 0 Å². The first-order chi connectivity index (χ1) is 5.82. The van der Waals surface area contributed by atoms with Gasteiger partial charge in [0, 0.05) is 3.57 Å². The van der Waals surface area contributed by atoms with Crippen molar-refractivity contribution in [1.82, 2.24) is 0 Å². The Morgan fingerprint density at radius 1 is 1.31 bits per heavy atom. The summed E-state index contributed by atoms with van der Waals surface area (Å²) in [7, 11) is 0. The summed E-state index contributed by atoms with van der Waals surface area (Å²) in [5.74, 6) is 0.303. The lowest BCUT2D eigenvalue weighted by molar-refractivity contribution is 0.470. The lowest BCUT2D eigenvalue weighted by Crippen LogP contribution is -2.12. The normalized spacial score (nSPS) is 11.8. The molecule has 0 aromatic heterocycles. The number of halogens is 2. The quantitative estimate of drug-likeness (QED) is 0.696. The Bertz CT molecular complexity index is 328. The van der Waals surface area contributed by atoms with Crippen molar-refractivity contribution >= 4 is 38.5 Å². The highest BCUT2D eigenvalue weighted by Gasteiger charge is 2.18. The Morgan fingerprint density at radius 2 is 1.85 bits per heavy atom. The van der Waals surface area contributed by atoms with Crippen LogP contribution in [0.3, 0.4) is 0 Å². The number of aromatic hydroxyl groups is 1. The van der Waals surface area contributed by atoms with E-state index in [0.29, 0.717) is 5.75 Å². The van der Waals surface area contributed by atoms with Crippen LogP contribution in [0.25, 0.3) is 0 Å². The standard InChI is InChI=1S/C10H12BrIO/c1-10(2,3)6-4-7(11)9(13)5-8(6)12/h4-5,13H,1-3H3. The molecule has 0 aliphatic carbocycles. The van der Waals surface area contributed by atoms with Gasteiger partial charge in [-0.2, -0.15) is 0 Å². The Balaban J connectivity index is 3.32. The van der Waals surface area contributed by atoms with Gasteiger partial charge in [-0.25, -0.2) is 0 Å². The van der Waals surface area contributed by atoms with E-state index in [4.69, 9.17) is 0 Å². The molecule has 0 radical (unpaired) electrons. The second-order valence-corrected chi connectivity index (χ2v) is 6.05. The van der Waals surface area contributed by atoms with E-state index in [-0.39, 0.29) is 5.41 Å². The van der Waals surface area contributed by atoms with Gasteiger partial charge in [0.2, 0.25) is 0 Å². The van der Waals surface area contributed by atoms with Crippen LogP contribution in [0.5, 0.6) is 5.75 Å². The van der Waals surface area contributed by atoms with Gasteiger partial charge >= 0.3 is 0 Å². The van der Waals surface area contributed by atoms with Crippen LogP contribution < -0.4 is 0 Å². The fraction of sp³-hybridized carbons (Fsp3) is 0.400. The molecule has 72 valence electrons. The van der Waals surface area contributed by atoms with Crippen LogP contribution >= 0.6 is 38.5 Å². The van der Waals surface area contributed by atoms with E-state index in [1.165, 1.54) is 5.56 Å². The van der Waals surface area contributed by atoms with E-state index in [9.17, 15) is 5.11 Å². The van der Waals surface area contributed by atoms with Crippen molar-refractivity contribution in [3.05, 3.63) is 25.7 Å².